The normalized spacial score (nSPS) is 10.6. The molecule has 108 valence electrons. The number of hydrogen-bond donors (Lipinski definition) is 0. The van der Waals surface area contributed by atoms with E-state index in [0.29, 0.717) is 12.1 Å². The maximum Gasteiger partial charge on any atom is 0.325 e. The minimum atomic E-state index is -0.443. The van der Waals surface area contributed by atoms with Crippen LogP contribution in [0.15, 0.2) is 30.3 Å². The van der Waals surface area contributed by atoms with Gasteiger partial charge in [-0.15, -0.1) is 0 Å². The topological polar surface area (TPSA) is 46.6 Å². The van der Waals surface area contributed by atoms with Gasteiger partial charge in [-0.05, 0) is 37.6 Å². The van der Waals surface area contributed by atoms with E-state index in [1.807, 2.05) is 0 Å². The number of amides is 1. The molecule has 5 heteroatoms. The number of ether oxygens (including phenoxy) is 1. The van der Waals surface area contributed by atoms with Gasteiger partial charge in [-0.2, -0.15) is 0 Å². The van der Waals surface area contributed by atoms with Crippen molar-refractivity contribution in [1.29, 1.82) is 0 Å². The summed E-state index contributed by atoms with van der Waals surface area (Å²) in [7, 11) is 0. The smallest absolute Gasteiger partial charge is 0.325 e. The Hall–Kier alpha value is -2.17. The van der Waals surface area contributed by atoms with E-state index >= 15 is 0 Å². The van der Waals surface area contributed by atoms with Gasteiger partial charge in [0.15, 0.2) is 0 Å². The van der Waals surface area contributed by atoms with Crippen LogP contribution < -0.4 is 0 Å². The van der Waals surface area contributed by atoms with Crippen LogP contribution in [0.25, 0.3) is 6.08 Å². The summed E-state index contributed by atoms with van der Waals surface area (Å²) in [6, 6.07) is 5.91. The molecule has 0 aliphatic rings. The molecule has 0 radical (unpaired) electrons. The van der Waals surface area contributed by atoms with Crippen LogP contribution >= 0.6 is 0 Å². The minimum Gasteiger partial charge on any atom is -0.465 e. The van der Waals surface area contributed by atoms with Crippen molar-refractivity contribution in [3.63, 3.8) is 0 Å². The van der Waals surface area contributed by atoms with Crippen LogP contribution in [0.5, 0.6) is 0 Å². The molecule has 1 aromatic rings. The summed E-state index contributed by atoms with van der Waals surface area (Å²) in [5.74, 6) is -1.12. The lowest BCUT2D eigenvalue weighted by Crippen LogP contribution is -2.35. The zero-order chi connectivity index (χ0) is 15.0. The summed E-state index contributed by atoms with van der Waals surface area (Å²) >= 11 is 0. The van der Waals surface area contributed by atoms with Crippen molar-refractivity contribution in [1.82, 2.24) is 4.90 Å². The van der Waals surface area contributed by atoms with E-state index in [9.17, 15) is 14.0 Å². The molecule has 0 aliphatic heterocycles. The molecule has 0 N–H and O–H groups in total. The predicted octanol–water partition coefficient (Wildman–Crippen LogP) is 2.25. The van der Waals surface area contributed by atoms with Crippen LogP contribution in [0.2, 0.25) is 0 Å². The zero-order valence-corrected chi connectivity index (χ0v) is 11.6. The van der Waals surface area contributed by atoms with E-state index < -0.39 is 5.97 Å². The third-order valence-electron chi connectivity index (χ3n) is 2.59. The second kappa shape index (κ2) is 8.09. The van der Waals surface area contributed by atoms with Gasteiger partial charge in [-0.25, -0.2) is 4.39 Å². The molecule has 0 fully saturated rings. The molecule has 0 bridgehead atoms. The summed E-state index contributed by atoms with van der Waals surface area (Å²) in [6.07, 6.45) is 2.83. The summed E-state index contributed by atoms with van der Waals surface area (Å²) in [4.78, 5) is 24.6. The Labute approximate surface area is 117 Å². The molecule has 0 aromatic heterocycles. The molecule has 0 aliphatic carbocycles. The first-order valence-electron chi connectivity index (χ1n) is 6.45. The van der Waals surface area contributed by atoms with Crippen molar-refractivity contribution < 1.29 is 18.7 Å². The highest BCUT2D eigenvalue weighted by atomic mass is 19.1. The van der Waals surface area contributed by atoms with Gasteiger partial charge in [-0.3, -0.25) is 9.59 Å². The number of rotatable bonds is 6. The van der Waals surface area contributed by atoms with E-state index in [4.69, 9.17) is 4.74 Å². The van der Waals surface area contributed by atoms with Crippen LogP contribution in [-0.4, -0.2) is 36.5 Å². The second-order valence-corrected chi connectivity index (χ2v) is 4.05. The van der Waals surface area contributed by atoms with E-state index in [-0.39, 0.29) is 24.9 Å². The first kappa shape index (κ1) is 15.9. The third-order valence-corrected chi connectivity index (χ3v) is 2.59. The number of benzene rings is 1. The summed E-state index contributed by atoms with van der Waals surface area (Å²) < 4.78 is 17.8. The van der Waals surface area contributed by atoms with E-state index in [1.54, 1.807) is 26.0 Å². The number of hydrogen-bond acceptors (Lipinski definition) is 3. The highest BCUT2D eigenvalue weighted by molar-refractivity contribution is 5.93. The Morgan fingerprint density at radius 1 is 1.35 bits per heavy atom. The number of nitrogens with zero attached hydrogens (tertiary/aromatic N) is 1. The first-order valence-corrected chi connectivity index (χ1v) is 6.45. The number of carbonyl (C=O) groups excluding carboxylic acids is 2. The SMILES string of the molecule is CCOC(=O)CN(CC)C(=O)/C=C/c1cccc(F)c1. The summed E-state index contributed by atoms with van der Waals surface area (Å²) in [5.41, 5.74) is 0.588. The van der Waals surface area contributed by atoms with Gasteiger partial charge >= 0.3 is 5.97 Å². The van der Waals surface area contributed by atoms with Gasteiger partial charge < -0.3 is 9.64 Å². The van der Waals surface area contributed by atoms with Crippen LogP contribution in [0.1, 0.15) is 19.4 Å². The molecule has 0 spiro atoms. The Kier molecular flexibility index (Phi) is 6.43. The molecule has 20 heavy (non-hydrogen) atoms. The fourth-order valence-corrected chi connectivity index (χ4v) is 1.59. The Balaban J connectivity index is 2.65. The number of halogens is 1. The number of likely N-dealkylation sites (N-methyl/N-ethyl adjacent to an activating group) is 1. The maximum absolute atomic E-state index is 13.0. The molecule has 0 saturated carbocycles. The van der Waals surface area contributed by atoms with E-state index in [1.165, 1.54) is 29.2 Å². The quantitative estimate of drug-likeness (QED) is 0.592. The fourth-order valence-electron chi connectivity index (χ4n) is 1.59. The minimum absolute atomic E-state index is 0.0866. The van der Waals surface area contributed by atoms with Gasteiger partial charge in [0.2, 0.25) is 5.91 Å². The highest BCUT2D eigenvalue weighted by Crippen LogP contribution is 2.06. The van der Waals surface area contributed by atoms with Crippen molar-refractivity contribution in [2.45, 2.75) is 13.8 Å². The van der Waals surface area contributed by atoms with Crippen LogP contribution in [0.3, 0.4) is 0 Å². The molecule has 1 amide bonds. The van der Waals surface area contributed by atoms with Crippen molar-refractivity contribution in [2.75, 3.05) is 19.7 Å². The van der Waals surface area contributed by atoms with Crippen LogP contribution in [-0.2, 0) is 14.3 Å². The van der Waals surface area contributed by atoms with Gasteiger partial charge in [0, 0.05) is 12.6 Å². The average Bonchev–Trinajstić information content (AvgIpc) is 2.42. The van der Waals surface area contributed by atoms with Crippen molar-refractivity contribution in [3.8, 4) is 0 Å². The predicted molar refractivity (Wildman–Crippen MR) is 74.3 cm³/mol. The standard InChI is InChI=1S/C15H18FNO3/c1-3-17(11-15(19)20-4-2)14(18)9-8-12-6-5-7-13(16)10-12/h5-10H,3-4,11H2,1-2H3/b9-8+. The zero-order valence-electron chi connectivity index (χ0n) is 11.6. The monoisotopic (exact) mass is 279 g/mol. The van der Waals surface area contributed by atoms with Crippen molar-refractivity contribution in [2.24, 2.45) is 0 Å². The Bertz CT molecular complexity index is 500. The lowest BCUT2D eigenvalue weighted by atomic mass is 10.2. The van der Waals surface area contributed by atoms with Crippen molar-refractivity contribution in [3.05, 3.63) is 41.7 Å². The molecular formula is C15H18FNO3. The number of esters is 1. The van der Waals surface area contributed by atoms with Gasteiger partial charge in [0.25, 0.3) is 0 Å². The van der Waals surface area contributed by atoms with Gasteiger partial charge in [-0.1, -0.05) is 12.1 Å². The molecular weight excluding hydrogens is 261 g/mol. The molecule has 0 unspecified atom stereocenters. The largest absolute Gasteiger partial charge is 0.465 e. The molecule has 0 atom stereocenters. The summed E-state index contributed by atoms with van der Waals surface area (Å²) in [5, 5.41) is 0. The average molecular weight is 279 g/mol. The van der Waals surface area contributed by atoms with Gasteiger partial charge in [0.1, 0.15) is 12.4 Å². The molecule has 0 heterocycles. The molecule has 1 aromatic carbocycles. The van der Waals surface area contributed by atoms with Crippen molar-refractivity contribution >= 4 is 18.0 Å². The molecule has 1 rings (SSSR count). The maximum atomic E-state index is 13.0. The first-order chi connectivity index (χ1) is 9.56. The van der Waals surface area contributed by atoms with Crippen LogP contribution in [0, 0.1) is 5.82 Å². The lowest BCUT2D eigenvalue weighted by Gasteiger charge is -2.17. The highest BCUT2D eigenvalue weighted by Gasteiger charge is 2.13. The van der Waals surface area contributed by atoms with E-state index in [0.717, 1.165) is 0 Å². The number of carbonyl (C=O) groups is 2. The fraction of sp³-hybridized carbons (Fsp3) is 0.333. The lowest BCUT2D eigenvalue weighted by molar-refractivity contribution is -0.147. The Morgan fingerprint density at radius 2 is 2.10 bits per heavy atom. The summed E-state index contributed by atoms with van der Waals surface area (Å²) in [6.45, 7) is 4.07. The Morgan fingerprint density at radius 3 is 2.70 bits per heavy atom. The van der Waals surface area contributed by atoms with E-state index in [2.05, 4.69) is 0 Å². The van der Waals surface area contributed by atoms with Gasteiger partial charge in [0.05, 0.1) is 6.61 Å². The third kappa shape index (κ3) is 5.22. The second-order valence-electron chi connectivity index (χ2n) is 4.05. The molecule has 4 nitrogen and oxygen atoms in total. The molecule has 0 saturated heterocycles. The van der Waals surface area contributed by atoms with Crippen LogP contribution in [0.4, 0.5) is 4.39 Å².